The van der Waals surface area contributed by atoms with Crippen molar-refractivity contribution in [3.8, 4) is 0 Å². The molecule has 0 aliphatic carbocycles. The molecule has 102 valence electrons. The molecule has 3 heterocycles. The summed E-state index contributed by atoms with van der Waals surface area (Å²) in [4.78, 5) is 7.99. The minimum Gasteiger partial charge on any atom is -0.339 e. The van der Waals surface area contributed by atoms with E-state index >= 15 is 0 Å². The molecule has 0 spiro atoms. The SMILES string of the molecule is Cc1noc(CC2CCCN(Cc3cnns3)C2)n1. The van der Waals surface area contributed by atoms with E-state index in [0.717, 1.165) is 37.8 Å². The standard InChI is InChI=1S/C12H17N5OS/c1-9-14-12(18-15-9)5-10-3-2-4-17(7-10)8-11-6-13-16-19-11/h6,10H,2-5,7-8H2,1H3. The number of hydrogen-bond acceptors (Lipinski definition) is 7. The first kappa shape index (κ1) is 12.7. The van der Waals surface area contributed by atoms with Crippen LogP contribution in [0.1, 0.15) is 29.4 Å². The van der Waals surface area contributed by atoms with E-state index in [4.69, 9.17) is 4.52 Å². The number of aromatic nitrogens is 4. The topological polar surface area (TPSA) is 67.9 Å². The maximum Gasteiger partial charge on any atom is 0.226 e. The molecule has 0 amide bonds. The normalized spacial score (nSPS) is 20.8. The van der Waals surface area contributed by atoms with Crippen molar-refractivity contribution >= 4 is 11.5 Å². The number of piperidine rings is 1. The Morgan fingerprint density at radius 2 is 2.47 bits per heavy atom. The van der Waals surface area contributed by atoms with Crippen molar-refractivity contribution in [1.82, 2.24) is 24.6 Å². The Bertz CT molecular complexity index is 512. The van der Waals surface area contributed by atoms with Crippen LogP contribution in [-0.4, -0.2) is 37.7 Å². The van der Waals surface area contributed by atoms with Crippen LogP contribution in [0.15, 0.2) is 10.7 Å². The molecular formula is C12H17N5OS. The Hall–Kier alpha value is -1.34. The molecule has 19 heavy (non-hydrogen) atoms. The van der Waals surface area contributed by atoms with Crippen molar-refractivity contribution < 1.29 is 4.52 Å². The van der Waals surface area contributed by atoms with Gasteiger partial charge in [-0.05, 0) is 43.8 Å². The maximum absolute atomic E-state index is 5.21. The van der Waals surface area contributed by atoms with Crippen LogP contribution in [0.3, 0.4) is 0 Å². The highest BCUT2D eigenvalue weighted by atomic mass is 32.1. The molecule has 0 saturated carbocycles. The fourth-order valence-corrected chi connectivity index (χ4v) is 3.14. The lowest BCUT2D eigenvalue weighted by atomic mass is 9.95. The summed E-state index contributed by atoms with van der Waals surface area (Å²) in [6.45, 7) is 5.05. The molecule has 1 fully saturated rings. The lowest BCUT2D eigenvalue weighted by molar-refractivity contribution is 0.161. The Kier molecular flexibility index (Phi) is 3.84. The molecule has 1 aliphatic heterocycles. The van der Waals surface area contributed by atoms with Crippen LogP contribution >= 0.6 is 11.5 Å². The third kappa shape index (κ3) is 3.36. The monoisotopic (exact) mass is 279 g/mol. The van der Waals surface area contributed by atoms with Gasteiger partial charge in [-0.1, -0.05) is 9.64 Å². The van der Waals surface area contributed by atoms with Crippen LogP contribution in [0.25, 0.3) is 0 Å². The molecule has 3 rings (SSSR count). The predicted molar refractivity (Wildman–Crippen MR) is 70.6 cm³/mol. The van der Waals surface area contributed by atoms with Gasteiger partial charge in [-0.3, -0.25) is 4.90 Å². The summed E-state index contributed by atoms with van der Waals surface area (Å²) in [7, 11) is 0. The number of rotatable bonds is 4. The van der Waals surface area contributed by atoms with Gasteiger partial charge in [0, 0.05) is 19.5 Å². The van der Waals surface area contributed by atoms with E-state index in [1.165, 1.54) is 29.3 Å². The Morgan fingerprint density at radius 3 is 3.21 bits per heavy atom. The Labute approximate surface area is 116 Å². The molecule has 1 aliphatic rings. The predicted octanol–water partition coefficient (Wildman–Crippen LogP) is 1.68. The van der Waals surface area contributed by atoms with Gasteiger partial charge in [0.2, 0.25) is 5.89 Å². The zero-order valence-electron chi connectivity index (χ0n) is 10.9. The van der Waals surface area contributed by atoms with Gasteiger partial charge in [0.1, 0.15) is 0 Å². The molecule has 0 N–H and O–H groups in total. The summed E-state index contributed by atoms with van der Waals surface area (Å²) in [5.41, 5.74) is 0. The number of hydrogen-bond donors (Lipinski definition) is 0. The fraction of sp³-hybridized carbons (Fsp3) is 0.667. The molecule has 1 saturated heterocycles. The largest absolute Gasteiger partial charge is 0.339 e. The van der Waals surface area contributed by atoms with Gasteiger partial charge in [-0.2, -0.15) is 4.98 Å². The first-order valence-corrected chi connectivity index (χ1v) is 7.35. The van der Waals surface area contributed by atoms with E-state index < -0.39 is 0 Å². The highest BCUT2D eigenvalue weighted by Crippen LogP contribution is 2.22. The van der Waals surface area contributed by atoms with Crippen molar-refractivity contribution in [1.29, 1.82) is 0 Å². The van der Waals surface area contributed by atoms with E-state index in [1.807, 2.05) is 13.1 Å². The summed E-state index contributed by atoms with van der Waals surface area (Å²) in [5.74, 6) is 2.09. The molecule has 2 aromatic heterocycles. The molecule has 0 radical (unpaired) electrons. The van der Waals surface area contributed by atoms with Crippen LogP contribution in [0, 0.1) is 12.8 Å². The molecule has 6 nitrogen and oxygen atoms in total. The smallest absolute Gasteiger partial charge is 0.226 e. The van der Waals surface area contributed by atoms with Crippen LogP contribution in [0.5, 0.6) is 0 Å². The average Bonchev–Trinajstić information content (AvgIpc) is 3.02. The molecule has 7 heteroatoms. The van der Waals surface area contributed by atoms with Crippen LogP contribution in [0.2, 0.25) is 0 Å². The average molecular weight is 279 g/mol. The van der Waals surface area contributed by atoms with Gasteiger partial charge < -0.3 is 4.52 Å². The van der Waals surface area contributed by atoms with E-state index in [9.17, 15) is 0 Å². The van der Waals surface area contributed by atoms with Gasteiger partial charge in [0.15, 0.2) is 5.82 Å². The molecule has 0 bridgehead atoms. The number of aryl methyl sites for hydroxylation is 1. The Balaban J connectivity index is 1.55. The maximum atomic E-state index is 5.21. The summed E-state index contributed by atoms with van der Waals surface area (Å²) in [6, 6.07) is 0. The molecule has 2 aromatic rings. The molecule has 1 unspecified atom stereocenters. The number of likely N-dealkylation sites (tertiary alicyclic amines) is 1. The summed E-state index contributed by atoms with van der Waals surface area (Å²) in [6.07, 6.45) is 5.21. The van der Waals surface area contributed by atoms with Gasteiger partial charge in [-0.25, -0.2) is 0 Å². The minimum absolute atomic E-state index is 0.606. The minimum atomic E-state index is 0.606. The van der Waals surface area contributed by atoms with Crippen molar-refractivity contribution in [2.24, 2.45) is 5.92 Å². The van der Waals surface area contributed by atoms with Crippen molar-refractivity contribution in [3.63, 3.8) is 0 Å². The van der Waals surface area contributed by atoms with Gasteiger partial charge >= 0.3 is 0 Å². The zero-order valence-corrected chi connectivity index (χ0v) is 11.8. The molecular weight excluding hydrogens is 262 g/mol. The van der Waals surface area contributed by atoms with E-state index in [-0.39, 0.29) is 0 Å². The third-order valence-corrected chi connectivity index (χ3v) is 4.07. The van der Waals surface area contributed by atoms with Gasteiger partial charge in [0.05, 0.1) is 11.1 Å². The van der Waals surface area contributed by atoms with Crippen molar-refractivity contribution in [2.75, 3.05) is 13.1 Å². The zero-order chi connectivity index (χ0) is 13.1. The second-order valence-electron chi connectivity index (χ2n) is 5.07. The summed E-state index contributed by atoms with van der Waals surface area (Å²) < 4.78 is 9.12. The second kappa shape index (κ2) is 5.75. The van der Waals surface area contributed by atoms with Crippen LogP contribution in [0.4, 0.5) is 0 Å². The number of nitrogens with zero attached hydrogens (tertiary/aromatic N) is 5. The van der Waals surface area contributed by atoms with E-state index in [2.05, 4.69) is 24.6 Å². The summed E-state index contributed by atoms with van der Waals surface area (Å²) >= 11 is 1.48. The van der Waals surface area contributed by atoms with Gasteiger partial charge in [0.25, 0.3) is 0 Å². The highest BCUT2D eigenvalue weighted by Gasteiger charge is 2.22. The van der Waals surface area contributed by atoms with E-state index in [0.29, 0.717) is 5.92 Å². The Morgan fingerprint density at radius 1 is 1.53 bits per heavy atom. The molecule has 0 aromatic carbocycles. The molecule has 1 atom stereocenters. The van der Waals surface area contributed by atoms with E-state index in [1.54, 1.807) is 0 Å². The lowest BCUT2D eigenvalue weighted by Crippen LogP contribution is -2.35. The van der Waals surface area contributed by atoms with Crippen LogP contribution < -0.4 is 0 Å². The summed E-state index contributed by atoms with van der Waals surface area (Å²) in [5, 5.41) is 7.73. The lowest BCUT2D eigenvalue weighted by Gasteiger charge is -2.31. The van der Waals surface area contributed by atoms with Gasteiger partial charge in [-0.15, -0.1) is 5.10 Å². The second-order valence-corrected chi connectivity index (χ2v) is 5.94. The quantitative estimate of drug-likeness (QED) is 0.848. The first-order chi connectivity index (χ1) is 9.29. The van der Waals surface area contributed by atoms with Crippen molar-refractivity contribution in [2.45, 2.75) is 32.7 Å². The van der Waals surface area contributed by atoms with Crippen molar-refractivity contribution in [3.05, 3.63) is 22.8 Å². The fourth-order valence-electron chi connectivity index (χ4n) is 2.61. The first-order valence-electron chi connectivity index (χ1n) is 6.57. The highest BCUT2D eigenvalue weighted by molar-refractivity contribution is 7.05. The van der Waals surface area contributed by atoms with Crippen LogP contribution in [-0.2, 0) is 13.0 Å². The third-order valence-electron chi connectivity index (χ3n) is 3.42.